The Morgan fingerprint density at radius 1 is 1.20 bits per heavy atom. The first-order valence-corrected chi connectivity index (χ1v) is 10.5. The Kier molecular flexibility index (Phi) is 5.98. The maximum atomic E-state index is 12.9. The molecule has 2 N–H and O–H groups in total. The van der Waals surface area contributed by atoms with Crippen molar-refractivity contribution in [2.75, 3.05) is 30.3 Å². The molecule has 2 amide bonds. The van der Waals surface area contributed by atoms with Crippen LogP contribution >= 0.6 is 11.3 Å². The van der Waals surface area contributed by atoms with Crippen LogP contribution in [0.4, 0.5) is 25.1 Å². The number of anilines is 2. The second kappa shape index (κ2) is 8.82. The third-order valence-electron chi connectivity index (χ3n) is 4.82. The first-order chi connectivity index (χ1) is 14.5. The molecule has 1 fully saturated rings. The number of aromatic nitrogens is 4. The summed E-state index contributed by atoms with van der Waals surface area (Å²) >= 11 is 1.35. The number of carbonyl (C=O) groups excluding carboxylic acids is 1. The summed E-state index contributed by atoms with van der Waals surface area (Å²) in [6.45, 7) is 2.72. The monoisotopic (exact) mass is 433 g/mol. The number of alkyl halides is 2. The van der Waals surface area contributed by atoms with Crippen molar-refractivity contribution in [3.8, 4) is 10.6 Å². The van der Waals surface area contributed by atoms with E-state index in [0.717, 1.165) is 24.3 Å². The maximum Gasteiger partial charge on any atom is 0.323 e. The molecule has 0 spiro atoms. The summed E-state index contributed by atoms with van der Waals surface area (Å²) in [4.78, 5) is 22.9. The summed E-state index contributed by atoms with van der Waals surface area (Å²) in [5.41, 5.74) is 1.56. The van der Waals surface area contributed by atoms with Gasteiger partial charge in [-0.3, -0.25) is 10.3 Å². The molecule has 1 aliphatic rings. The summed E-state index contributed by atoms with van der Waals surface area (Å²) < 4.78 is 25.9. The number of likely N-dealkylation sites (tertiary alicyclic amines) is 1. The fourth-order valence-corrected chi connectivity index (χ4v) is 4.09. The van der Waals surface area contributed by atoms with Gasteiger partial charge in [-0.15, -0.1) is 10.2 Å². The number of hydrogen-bond donors (Lipinski definition) is 2. The molecular weight excluding hydrogens is 412 g/mol. The van der Waals surface area contributed by atoms with Crippen LogP contribution in [0.5, 0.6) is 0 Å². The molecule has 3 aromatic heterocycles. The average molecular weight is 433 g/mol. The van der Waals surface area contributed by atoms with Crippen LogP contribution < -0.4 is 10.6 Å². The quantitative estimate of drug-likeness (QED) is 0.628. The third-order valence-corrected chi connectivity index (χ3v) is 5.69. The minimum Gasteiger partial charge on any atom is -0.378 e. The summed E-state index contributed by atoms with van der Waals surface area (Å²) in [7, 11) is 0. The Bertz CT molecular complexity index is 1050. The molecular formula is C19H21F2N7OS. The number of pyridine rings is 2. The van der Waals surface area contributed by atoms with Gasteiger partial charge < -0.3 is 10.2 Å². The second-order valence-electron chi connectivity index (χ2n) is 7.01. The number of amides is 2. The van der Waals surface area contributed by atoms with Crippen molar-refractivity contribution in [2.24, 2.45) is 0 Å². The first kappa shape index (κ1) is 20.3. The molecule has 1 aliphatic heterocycles. The number of carbonyl (C=O) groups is 1. The number of aryl methyl sites for hydroxylation is 1. The Labute approximate surface area is 175 Å². The highest BCUT2D eigenvalue weighted by Gasteiger charge is 2.19. The highest BCUT2D eigenvalue weighted by molar-refractivity contribution is 7.14. The van der Waals surface area contributed by atoms with Gasteiger partial charge in [0.05, 0.1) is 29.5 Å². The largest absolute Gasteiger partial charge is 0.378 e. The van der Waals surface area contributed by atoms with Crippen molar-refractivity contribution in [2.45, 2.75) is 32.6 Å². The van der Waals surface area contributed by atoms with Crippen LogP contribution in [0, 0.1) is 6.92 Å². The molecule has 0 saturated carbocycles. The Balaban J connectivity index is 1.70. The normalized spacial score (nSPS) is 14.3. The van der Waals surface area contributed by atoms with Crippen LogP contribution in [0.3, 0.4) is 0 Å². The topological polar surface area (TPSA) is 95.9 Å². The van der Waals surface area contributed by atoms with E-state index < -0.39 is 13.0 Å². The van der Waals surface area contributed by atoms with Gasteiger partial charge >= 0.3 is 6.03 Å². The molecule has 4 rings (SSSR count). The van der Waals surface area contributed by atoms with E-state index >= 15 is 0 Å². The van der Waals surface area contributed by atoms with Crippen molar-refractivity contribution in [1.29, 1.82) is 0 Å². The molecule has 0 aliphatic carbocycles. The number of fused-ring (bicyclic) bond motifs is 1. The minimum absolute atomic E-state index is 0.215. The Hall–Kier alpha value is -2.95. The molecule has 0 unspecified atom stereocenters. The fraction of sp³-hybridized carbons (Fsp3) is 0.421. The molecule has 11 heteroatoms. The van der Waals surface area contributed by atoms with E-state index in [9.17, 15) is 13.6 Å². The number of nitrogens with zero attached hydrogens (tertiary/aromatic N) is 5. The molecule has 0 radical (unpaired) electrons. The fourth-order valence-electron chi connectivity index (χ4n) is 3.39. The van der Waals surface area contributed by atoms with Crippen LogP contribution in [-0.4, -0.2) is 57.2 Å². The number of rotatable bonds is 5. The van der Waals surface area contributed by atoms with Crippen molar-refractivity contribution in [3.05, 3.63) is 23.5 Å². The van der Waals surface area contributed by atoms with E-state index in [1.807, 2.05) is 6.92 Å². The summed E-state index contributed by atoms with van der Waals surface area (Å²) in [5, 5.41) is 15.7. The van der Waals surface area contributed by atoms with Crippen LogP contribution in [0.15, 0.2) is 18.5 Å². The number of urea groups is 1. The molecule has 158 valence electrons. The lowest BCUT2D eigenvalue weighted by atomic mass is 10.1. The van der Waals surface area contributed by atoms with Gasteiger partial charge in [-0.1, -0.05) is 11.3 Å². The molecule has 30 heavy (non-hydrogen) atoms. The molecule has 1 saturated heterocycles. The molecule has 8 nitrogen and oxygen atoms in total. The molecule has 4 heterocycles. The van der Waals surface area contributed by atoms with Crippen molar-refractivity contribution >= 4 is 39.8 Å². The van der Waals surface area contributed by atoms with Crippen LogP contribution in [-0.2, 0) is 0 Å². The van der Waals surface area contributed by atoms with Gasteiger partial charge in [-0.05, 0) is 32.3 Å². The van der Waals surface area contributed by atoms with Gasteiger partial charge in [0.15, 0.2) is 5.01 Å². The molecule has 0 atom stereocenters. The molecule has 3 aromatic rings. The predicted molar refractivity (Wildman–Crippen MR) is 112 cm³/mol. The van der Waals surface area contributed by atoms with Gasteiger partial charge in [0.1, 0.15) is 10.8 Å². The Morgan fingerprint density at radius 3 is 2.70 bits per heavy atom. The smallest absolute Gasteiger partial charge is 0.323 e. The minimum atomic E-state index is -2.53. The van der Waals surface area contributed by atoms with E-state index in [2.05, 4.69) is 30.8 Å². The first-order valence-electron chi connectivity index (χ1n) is 9.68. The van der Waals surface area contributed by atoms with E-state index in [-0.39, 0.29) is 6.03 Å². The Morgan fingerprint density at radius 2 is 2.00 bits per heavy atom. The van der Waals surface area contributed by atoms with Crippen LogP contribution in [0.25, 0.3) is 21.5 Å². The zero-order valence-corrected chi connectivity index (χ0v) is 17.2. The van der Waals surface area contributed by atoms with E-state index in [1.165, 1.54) is 17.5 Å². The summed E-state index contributed by atoms with van der Waals surface area (Å²) in [6.07, 6.45) is 3.64. The maximum absolute atomic E-state index is 12.9. The van der Waals surface area contributed by atoms with Gasteiger partial charge in [-0.2, -0.15) is 0 Å². The molecule has 0 aromatic carbocycles. The highest BCUT2D eigenvalue weighted by atomic mass is 32.1. The standard InChI is InChI=1S/C19H21F2N7OS/c1-11-26-27-18(30-11)13-8-22-14-9-23-16(7-12(14)17(13)24-10-15(20)21)25-19(29)28-5-3-2-4-6-28/h7-9,15H,2-6,10H2,1H3,(H,22,24)(H,23,25,29). The zero-order valence-electron chi connectivity index (χ0n) is 16.4. The van der Waals surface area contributed by atoms with Crippen LogP contribution in [0.1, 0.15) is 24.3 Å². The van der Waals surface area contributed by atoms with E-state index in [1.54, 1.807) is 17.2 Å². The number of nitrogens with one attached hydrogen (secondary N) is 2. The van der Waals surface area contributed by atoms with Crippen LogP contribution in [0.2, 0.25) is 0 Å². The van der Waals surface area contributed by atoms with Gasteiger partial charge in [0.25, 0.3) is 6.43 Å². The lowest BCUT2D eigenvalue weighted by molar-refractivity contribution is 0.163. The number of halogens is 2. The third kappa shape index (κ3) is 4.45. The van der Waals surface area contributed by atoms with Crippen molar-refractivity contribution in [3.63, 3.8) is 0 Å². The lowest BCUT2D eigenvalue weighted by Gasteiger charge is -2.26. The summed E-state index contributed by atoms with van der Waals surface area (Å²) in [6, 6.07) is 1.43. The van der Waals surface area contributed by atoms with Crippen molar-refractivity contribution in [1.82, 2.24) is 25.1 Å². The molecule has 0 bridgehead atoms. The lowest BCUT2D eigenvalue weighted by Crippen LogP contribution is -2.38. The summed E-state index contributed by atoms with van der Waals surface area (Å²) in [5.74, 6) is 0.338. The van der Waals surface area contributed by atoms with E-state index in [4.69, 9.17) is 0 Å². The van der Waals surface area contributed by atoms with Gasteiger partial charge in [0.2, 0.25) is 0 Å². The van der Waals surface area contributed by atoms with Crippen molar-refractivity contribution < 1.29 is 13.6 Å². The number of piperidine rings is 1. The number of hydrogen-bond acceptors (Lipinski definition) is 7. The van der Waals surface area contributed by atoms with E-state index in [0.29, 0.717) is 46.1 Å². The second-order valence-corrected chi connectivity index (χ2v) is 8.19. The van der Waals surface area contributed by atoms with Gasteiger partial charge in [0, 0.05) is 24.7 Å². The predicted octanol–water partition coefficient (Wildman–Crippen LogP) is 4.15. The SMILES string of the molecule is Cc1nnc(-c2cnc3cnc(NC(=O)N4CCCCC4)cc3c2NCC(F)F)s1. The zero-order chi connectivity index (χ0) is 21.1. The van der Waals surface area contributed by atoms with Gasteiger partial charge in [-0.25, -0.2) is 18.6 Å². The average Bonchev–Trinajstić information content (AvgIpc) is 3.18. The highest BCUT2D eigenvalue weighted by Crippen LogP contribution is 2.35.